The molecule has 0 aromatic heterocycles. The number of carbonyl (C=O) groups is 1. The molecule has 2 rings (SSSR count). The Kier molecular flexibility index (Phi) is 4.40. The summed E-state index contributed by atoms with van der Waals surface area (Å²) >= 11 is 0. The summed E-state index contributed by atoms with van der Waals surface area (Å²) in [5.41, 5.74) is 5.86. The van der Waals surface area contributed by atoms with Gasteiger partial charge in [0, 0.05) is 12.2 Å². The average Bonchev–Trinajstić information content (AvgIpc) is 2.37. The van der Waals surface area contributed by atoms with E-state index in [-0.39, 0.29) is 11.5 Å². The second-order valence-electron chi connectivity index (χ2n) is 5.58. The van der Waals surface area contributed by atoms with E-state index in [1.807, 2.05) is 0 Å². The van der Waals surface area contributed by atoms with Gasteiger partial charge in [-0.1, -0.05) is 19.8 Å². The van der Waals surface area contributed by atoms with E-state index in [0.29, 0.717) is 18.2 Å². The van der Waals surface area contributed by atoms with Crippen molar-refractivity contribution in [1.82, 2.24) is 5.32 Å². The SMILES string of the molecule is CC1CCC(CNC(=O)c2ccc(N)cc2F)CC1. The van der Waals surface area contributed by atoms with Crippen molar-refractivity contribution in [3.05, 3.63) is 29.6 Å². The molecule has 0 atom stereocenters. The smallest absolute Gasteiger partial charge is 0.254 e. The third-order valence-electron chi connectivity index (χ3n) is 3.92. The van der Waals surface area contributed by atoms with Gasteiger partial charge >= 0.3 is 0 Å². The van der Waals surface area contributed by atoms with Crippen molar-refractivity contribution in [3.63, 3.8) is 0 Å². The third-order valence-corrected chi connectivity index (χ3v) is 3.92. The monoisotopic (exact) mass is 264 g/mol. The van der Waals surface area contributed by atoms with E-state index in [0.717, 1.165) is 18.8 Å². The van der Waals surface area contributed by atoms with Gasteiger partial charge in [0.05, 0.1) is 5.56 Å². The van der Waals surface area contributed by atoms with Crippen LogP contribution in [-0.4, -0.2) is 12.5 Å². The highest BCUT2D eigenvalue weighted by atomic mass is 19.1. The van der Waals surface area contributed by atoms with Crippen LogP contribution in [0.4, 0.5) is 10.1 Å². The van der Waals surface area contributed by atoms with Crippen molar-refractivity contribution >= 4 is 11.6 Å². The summed E-state index contributed by atoms with van der Waals surface area (Å²) in [5.74, 6) is 0.407. The molecule has 0 heterocycles. The molecule has 0 aliphatic heterocycles. The highest BCUT2D eigenvalue weighted by Gasteiger charge is 2.19. The van der Waals surface area contributed by atoms with Crippen LogP contribution < -0.4 is 11.1 Å². The molecule has 3 nitrogen and oxygen atoms in total. The van der Waals surface area contributed by atoms with E-state index in [1.165, 1.54) is 25.0 Å². The van der Waals surface area contributed by atoms with Gasteiger partial charge in [0.15, 0.2) is 0 Å². The minimum Gasteiger partial charge on any atom is -0.399 e. The molecule has 0 spiro atoms. The molecule has 1 amide bonds. The number of benzene rings is 1. The fraction of sp³-hybridized carbons (Fsp3) is 0.533. The van der Waals surface area contributed by atoms with Gasteiger partial charge in [-0.15, -0.1) is 0 Å². The maximum absolute atomic E-state index is 13.6. The van der Waals surface area contributed by atoms with Crippen molar-refractivity contribution in [2.45, 2.75) is 32.6 Å². The molecule has 1 aromatic carbocycles. The zero-order chi connectivity index (χ0) is 13.8. The van der Waals surface area contributed by atoms with E-state index < -0.39 is 5.82 Å². The standard InChI is InChI=1S/C15H21FN2O/c1-10-2-4-11(5-3-10)9-18-15(19)13-7-6-12(17)8-14(13)16/h6-8,10-11H,2-5,9,17H2,1H3,(H,18,19). The zero-order valence-corrected chi connectivity index (χ0v) is 11.3. The van der Waals surface area contributed by atoms with E-state index >= 15 is 0 Å². The Balaban J connectivity index is 1.87. The van der Waals surface area contributed by atoms with Crippen LogP contribution in [0.15, 0.2) is 18.2 Å². The highest BCUT2D eigenvalue weighted by Crippen LogP contribution is 2.27. The van der Waals surface area contributed by atoms with Crippen molar-refractivity contribution in [2.24, 2.45) is 11.8 Å². The fourth-order valence-electron chi connectivity index (χ4n) is 2.58. The molecule has 1 saturated carbocycles. The molecule has 0 radical (unpaired) electrons. The Morgan fingerprint density at radius 1 is 1.37 bits per heavy atom. The average molecular weight is 264 g/mol. The summed E-state index contributed by atoms with van der Waals surface area (Å²) in [7, 11) is 0. The minimum atomic E-state index is -0.560. The molecular formula is C15H21FN2O. The highest BCUT2D eigenvalue weighted by molar-refractivity contribution is 5.94. The number of carbonyl (C=O) groups excluding carboxylic acids is 1. The lowest BCUT2D eigenvalue weighted by Crippen LogP contribution is -2.31. The minimum absolute atomic E-state index is 0.0679. The first kappa shape index (κ1) is 13.8. The molecule has 19 heavy (non-hydrogen) atoms. The van der Waals surface area contributed by atoms with Crippen LogP contribution in [0, 0.1) is 17.7 Å². The van der Waals surface area contributed by atoms with Crippen molar-refractivity contribution in [3.8, 4) is 0 Å². The number of rotatable bonds is 3. The van der Waals surface area contributed by atoms with Gasteiger partial charge in [-0.3, -0.25) is 4.79 Å². The number of nitrogen functional groups attached to an aromatic ring is 1. The van der Waals surface area contributed by atoms with Gasteiger partial charge in [-0.05, 0) is 42.9 Å². The van der Waals surface area contributed by atoms with Gasteiger partial charge in [0.2, 0.25) is 0 Å². The number of anilines is 1. The molecule has 0 bridgehead atoms. The van der Waals surface area contributed by atoms with Crippen LogP contribution in [0.3, 0.4) is 0 Å². The summed E-state index contributed by atoms with van der Waals surface area (Å²) in [4.78, 5) is 11.9. The van der Waals surface area contributed by atoms with E-state index in [1.54, 1.807) is 6.07 Å². The molecule has 0 unspecified atom stereocenters. The number of amides is 1. The van der Waals surface area contributed by atoms with Gasteiger partial charge < -0.3 is 11.1 Å². The van der Waals surface area contributed by atoms with Crippen LogP contribution in [0.5, 0.6) is 0 Å². The van der Waals surface area contributed by atoms with Crippen LogP contribution >= 0.6 is 0 Å². The van der Waals surface area contributed by atoms with Gasteiger partial charge in [-0.2, -0.15) is 0 Å². The maximum Gasteiger partial charge on any atom is 0.254 e. The number of hydrogen-bond acceptors (Lipinski definition) is 2. The predicted molar refractivity (Wildman–Crippen MR) is 74.3 cm³/mol. The molecule has 0 saturated heterocycles. The van der Waals surface area contributed by atoms with E-state index in [4.69, 9.17) is 5.73 Å². The molecule has 104 valence electrons. The normalized spacial score (nSPS) is 23.1. The quantitative estimate of drug-likeness (QED) is 0.825. The van der Waals surface area contributed by atoms with Crippen LogP contribution in [-0.2, 0) is 0 Å². The first-order valence-corrected chi connectivity index (χ1v) is 6.89. The summed E-state index contributed by atoms with van der Waals surface area (Å²) in [6, 6.07) is 4.15. The number of halogens is 1. The van der Waals surface area contributed by atoms with Gasteiger partial charge in [0.1, 0.15) is 5.82 Å². The Labute approximate surface area is 113 Å². The van der Waals surface area contributed by atoms with Crippen molar-refractivity contribution < 1.29 is 9.18 Å². The Morgan fingerprint density at radius 2 is 2.05 bits per heavy atom. The summed E-state index contributed by atoms with van der Waals surface area (Å²) in [6.45, 7) is 2.90. The molecule has 1 aliphatic carbocycles. The molecule has 3 N–H and O–H groups in total. The van der Waals surface area contributed by atoms with Crippen molar-refractivity contribution in [1.29, 1.82) is 0 Å². The largest absolute Gasteiger partial charge is 0.399 e. The Morgan fingerprint density at radius 3 is 2.68 bits per heavy atom. The number of hydrogen-bond donors (Lipinski definition) is 2. The third kappa shape index (κ3) is 3.69. The predicted octanol–water partition coefficient (Wildman–Crippen LogP) is 2.96. The summed E-state index contributed by atoms with van der Waals surface area (Å²) in [6.07, 6.45) is 4.73. The lowest BCUT2D eigenvalue weighted by molar-refractivity contribution is 0.0938. The van der Waals surface area contributed by atoms with E-state index in [2.05, 4.69) is 12.2 Å². The van der Waals surface area contributed by atoms with Gasteiger partial charge in [0.25, 0.3) is 5.91 Å². The maximum atomic E-state index is 13.6. The zero-order valence-electron chi connectivity index (χ0n) is 11.3. The lowest BCUT2D eigenvalue weighted by atomic mass is 9.83. The Bertz CT molecular complexity index is 453. The first-order valence-electron chi connectivity index (χ1n) is 6.89. The second kappa shape index (κ2) is 6.04. The summed E-state index contributed by atoms with van der Waals surface area (Å²) in [5, 5.41) is 2.82. The summed E-state index contributed by atoms with van der Waals surface area (Å²) < 4.78 is 13.6. The lowest BCUT2D eigenvalue weighted by Gasteiger charge is -2.26. The van der Waals surface area contributed by atoms with Crippen LogP contribution in [0.2, 0.25) is 0 Å². The molecular weight excluding hydrogens is 243 g/mol. The number of nitrogens with one attached hydrogen (secondary N) is 1. The second-order valence-corrected chi connectivity index (χ2v) is 5.58. The van der Waals surface area contributed by atoms with Crippen LogP contribution in [0.1, 0.15) is 43.0 Å². The topological polar surface area (TPSA) is 55.1 Å². The first-order chi connectivity index (χ1) is 9.06. The molecule has 4 heteroatoms. The number of nitrogens with two attached hydrogens (primary N) is 1. The molecule has 1 aliphatic rings. The van der Waals surface area contributed by atoms with E-state index in [9.17, 15) is 9.18 Å². The molecule has 1 aromatic rings. The van der Waals surface area contributed by atoms with Crippen LogP contribution in [0.25, 0.3) is 0 Å². The fourth-order valence-corrected chi connectivity index (χ4v) is 2.58. The van der Waals surface area contributed by atoms with Crippen molar-refractivity contribution in [2.75, 3.05) is 12.3 Å². The Hall–Kier alpha value is -1.58. The molecule has 1 fully saturated rings. The van der Waals surface area contributed by atoms with Gasteiger partial charge in [-0.25, -0.2) is 4.39 Å².